The molecule has 2 aliphatic rings. The number of amides is 2. The number of aromatic nitrogens is 2. The van der Waals surface area contributed by atoms with E-state index in [1.165, 1.54) is 0 Å². The van der Waals surface area contributed by atoms with Gasteiger partial charge in [0.25, 0.3) is 0 Å². The minimum atomic E-state index is -0.271. The number of rotatable bonds is 2. The first-order chi connectivity index (χ1) is 12.1. The Labute approximate surface area is 147 Å². The molecule has 2 saturated heterocycles. The second-order valence-electron chi connectivity index (χ2n) is 7.13. The van der Waals surface area contributed by atoms with Crippen LogP contribution in [0.3, 0.4) is 0 Å². The van der Waals surface area contributed by atoms with Gasteiger partial charge in [-0.3, -0.25) is 9.59 Å². The number of aromatic amines is 1. The Balaban J connectivity index is 1.50. The van der Waals surface area contributed by atoms with Crippen LogP contribution in [0, 0.1) is 0 Å². The van der Waals surface area contributed by atoms with Crippen molar-refractivity contribution >= 4 is 22.8 Å². The summed E-state index contributed by atoms with van der Waals surface area (Å²) in [5.74, 6) is 1.31. The highest BCUT2D eigenvalue weighted by Gasteiger charge is 2.37. The van der Waals surface area contributed by atoms with Gasteiger partial charge < -0.3 is 14.8 Å². The van der Waals surface area contributed by atoms with Crippen molar-refractivity contribution in [2.45, 2.75) is 44.6 Å². The Hall–Kier alpha value is -2.37. The number of hydrogen-bond acceptors (Lipinski definition) is 3. The molecule has 4 rings (SSSR count). The first-order valence-corrected chi connectivity index (χ1v) is 9.14. The standard InChI is InChI=1S/C19H24N4O2/c1-13(24)23-11-5-9-17(23)19(25)22-10-4-6-14(12-22)18-20-15-7-2-3-8-16(15)21-18/h2-3,7-8,14,17H,4-6,9-12H2,1H3,(H,20,21)/t14-,17+/m1/s1. The average Bonchev–Trinajstić information content (AvgIpc) is 3.28. The van der Waals surface area contributed by atoms with E-state index in [4.69, 9.17) is 4.98 Å². The van der Waals surface area contributed by atoms with E-state index in [9.17, 15) is 9.59 Å². The first kappa shape index (κ1) is 16.1. The summed E-state index contributed by atoms with van der Waals surface area (Å²) >= 11 is 0. The highest BCUT2D eigenvalue weighted by molar-refractivity contribution is 5.87. The molecule has 0 radical (unpaired) electrons. The second-order valence-corrected chi connectivity index (χ2v) is 7.13. The van der Waals surface area contributed by atoms with Crippen molar-refractivity contribution in [2.24, 2.45) is 0 Å². The van der Waals surface area contributed by atoms with Gasteiger partial charge in [0.15, 0.2) is 0 Å². The topological polar surface area (TPSA) is 69.3 Å². The largest absolute Gasteiger partial charge is 0.342 e. The number of carbonyl (C=O) groups is 2. The lowest BCUT2D eigenvalue weighted by Crippen LogP contribution is -2.49. The number of imidazole rings is 1. The maximum Gasteiger partial charge on any atom is 0.245 e. The van der Waals surface area contributed by atoms with Gasteiger partial charge in [-0.05, 0) is 37.8 Å². The molecule has 2 amide bonds. The molecule has 2 aliphatic heterocycles. The number of piperidine rings is 1. The van der Waals surface area contributed by atoms with Gasteiger partial charge in [0.1, 0.15) is 11.9 Å². The van der Waals surface area contributed by atoms with Gasteiger partial charge in [0.2, 0.25) is 11.8 Å². The minimum Gasteiger partial charge on any atom is -0.342 e. The summed E-state index contributed by atoms with van der Waals surface area (Å²) in [6, 6.07) is 7.75. The number of benzene rings is 1. The van der Waals surface area contributed by atoms with Crippen molar-refractivity contribution in [1.29, 1.82) is 0 Å². The van der Waals surface area contributed by atoms with E-state index in [2.05, 4.69) is 4.98 Å². The summed E-state index contributed by atoms with van der Waals surface area (Å²) < 4.78 is 0. The van der Waals surface area contributed by atoms with Gasteiger partial charge in [-0.2, -0.15) is 0 Å². The average molecular weight is 340 g/mol. The van der Waals surface area contributed by atoms with Crippen molar-refractivity contribution in [3.63, 3.8) is 0 Å². The highest BCUT2D eigenvalue weighted by Crippen LogP contribution is 2.28. The lowest BCUT2D eigenvalue weighted by molar-refractivity contribution is -0.143. The predicted octanol–water partition coefficient (Wildman–Crippen LogP) is 2.28. The Morgan fingerprint density at radius 3 is 2.76 bits per heavy atom. The Morgan fingerprint density at radius 1 is 1.16 bits per heavy atom. The number of likely N-dealkylation sites (tertiary alicyclic amines) is 2. The molecule has 1 aromatic heterocycles. The van der Waals surface area contributed by atoms with Crippen LogP contribution < -0.4 is 0 Å². The summed E-state index contributed by atoms with van der Waals surface area (Å²) in [6.45, 7) is 3.71. The summed E-state index contributed by atoms with van der Waals surface area (Å²) in [5.41, 5.74) is 2.01. The number of carbonyl (C=O) groups excluding carboxylic acids is 2. The maximum atomic E-state index is 13.0. The van der Waals surface area contributed by atoms with Gasteiger partial charge >= 0.3 is 0 Å². The molecule has 2 aromatic rings. The molecule has 132 valence electrons. The summed E-state index contributed by atoms with van der Waals surface area (Å²) in [7, 11) is 0. The minimum absolute atomic E-state index is 0.00157. The van der Waals surface area contributed by atoms with E-state index in [0.717, 1.165) is 49.1 Å². The molecular weight excluding hydrogens is 316 g/mol. The Kier molecular flexibility index (Phi) is 4.19. The fourth-order valence-corrected chi connectivity index (χ4v) is 4.18. The third kappa shape index (κ3) is 3.01. The highest BCUT2D eigenvalue weighted by atomic mass is 16.2. The Bertz CT molecular complexity index is 767. The van der Waals surface area contributed by atoms with E-state index < -0.39 is 0 Å². The van der Waals surface area contributed by atoms with E-state index in [-0.39, 0.29) is 23.8 Å². The molecule has 25 heavy (non-hydrogen) atoms. The van der Waals surface area contributed by atoms with Crippen LogP contribution >= 0.6 is 0 Å². The summed E-state index contributed by atoms with van der Waals surface area (Å²) in [6.07, 6.45) is 3.70. The monoisotopic (exact) mass is 340 g/mol. The van der Waals surface area contributed by atoms with Crippen LogP contribution in [0.4, 0.5) is 0 Å². The third-order valence-corrected chi connectivity index (χ3v) is 5.47. The third-order valence-electron chi connectivity index (χ3n) is 5.47. The molecule has 0 unspecified atom stereocenters. The number of nitrogens with one attached hydrogen (secondary N) is 1. The van der Waals surface area contributed by atoms with Crippen molar-refractivity contribution in [3.05, 3.63) is 30.1 Å². The van der Waals surface area contributed by atoms with Crippen LogP contribution in [0.1, 0.15) is 44.3 Å². The molecular formula is C19H24N4O2. The van der Waals surface area contributed by atoms with E-state index in [1.54, 1.807) is 11.8 Å². The van der Waals surface area contributed by atoms with Gasteiger partial charge in [0, 0.05) is 32.5 Å². The molecule has 6 heteroatoms. The molecule has 1 aromatic carbocycles. The number of nitrogens with zero attached hydrogens (tertiary/aromatic N) is 3. The SMILES string of the molecule is CC(=O)N1CCC[C@H]1C(=O)N1CCC[C@@H](c2nc3ccccc3[nH]2)C1. The van der Waals surface area contributed by atoms with Crippen molar-refractivity contribution in [3.8, 4) is 0 Å². The van der Waals surface area contributed by atoms with Gasteiger partial charge in [-0.1, -0.05) is 12.1 Å². The smallest absolute Gasteiger partial charge is 0.245 e. The van der Waals surface area contributed by atoms with Crippen LogP contribution in [-0.2, 0) is 9.59 Å². The lowest BCUT2D eigenvalue weighted by atomic mass is 9.96. The number of para-hydroxylation sites is 2. The zero-order valence-electron chi connectivity index (χ0n) is 14.6. The molecule has 0 bridgehead atoms. The lowest BCUT2D eigenvalue weighted by Gasteiger charge is -2.35. The van der Waals surface area contributed by atoms with E-state index in [1.807, 2.05) is 29.2 Å². The first-order valence-electron chi connectivity index (χ1n) is 9.14. The molecule has 0 spiro atoms. The summed E-state index contributed by atoms with van der Waals surface area (Å²) in [5, 5.41) is 0. The van der Waals surface area contributed by atoms with Crippen LogP contribution in [0.25, 0.3) is 11.0 Å². The van der Waals surface area contributed by atoms with Crippen LogP contribution in [-0.4, -0.2) is 57.3 Å². The predicted molar refractivity (Wildman–Crippen MR) is 95.1 cm³/mol. The van der Waals surface area contributed by atoms with Gasteiger partial charge in [0.05, 0.1) is 11.0 Å². The molecule has 1 N–H and O–H groups in total. The van der Waals surface area contributed by atoms with Gasteiger partial charge in [-0.15, -0.1) is 0 Å². The second kappa shape index (κ2) is 6.50. The van der Waals surface area contributed by atoms with Crippen LogP contribution in [0.2, 0.25) is 0 Å². The van der Waals surface area contributed by atoms with Gasteiger partial charge in [-0.25, -0.2) is 4.98 Å². The number of H-pyrrole nitrogens is 1. The van der Waals surface area contributed by atoms with Crippen molar-refractivity contribution in [2.75, 3.05) is 19.6 Å². The molecule has 6 nitrogen and oxygen atoms in total. The number of hydrogen-bond donors (Lipinski definition) is 1. The van der Waals surface area contributed by atoms with Crippen molar-refractivity contribution in [1.82, 2.24) is 19.8 Å². The summed E-state index contributed by atoms with van der Waals surface area (Å²) in [4.78, 5) is 36.5. The fourth-order valence-electron chi connectivity index (χ4n) is 4.18. The molecule has 3 heterocycles. The molecule has 2 atom stereocenters. The normalized spacial score (nSPS) is 24.0. The molecule has 0 saturated carbocycles. The zero-order valence-corrected chi connectivity index (χ0v) is 14.6. The molecule has 0 aliphatic carbocycles. The maximum absolute atomic E-state index is 13.0. The molecule has 2 fully saturated rings. The van der Waals surface area contributed by atoms with Crippen LogP contribution in [0.15, 0.2) is 24.3 Å². The number of fused-ring (bicyclic) bond motifs is 1. The van der Waals surface area contributed by atoms with E-state index >= 15 is 0 Å². The van der Waals surface area contributed by atoms with E-state index in [0.29, 0.717) is 13.1 Å². The Morgan fingerprint density at radius 2 is 1.96 bits per heavy atom. The van der Waals surface area contributed by atoms with Crippen molar-refractivity contribution < 1.29 is 9.59 Å². The zero-order chi connectivity index (χ0) is 17.4. The quantitative estimate of drug-likeness (QED) is 0.912. The fraction of sp³-hybridized carbons (Fsp3) is 0.526. The van der Waals surface area contributed by atoms with Crippen LogP contribution in [0.5, 0.6) is 0 Å².